The number of aromatic nitrogens is 3. The van der Waals surface area contributed by atoms with Crippen LogP contribution in [0.5, 0.6) is 0 Å². The highest BCUT2D eigenvalue weighted by atomic mass is 16.2. The standard InChI is InChI=1S/C13H10N6O3/c14-7-10-11(20)16-13(22)19(17-10)9-3-1-8(2-4-9)18-6-5-15-12(18)21/h1-4H,5-6H2,(H,15,21)(H,16,20,22). The molecule has 1 fully saturated rings. The molecule has 0 atom stereocenters. The molecule has 3 rings (SSSR count). The van der Waals surface area contributed by atoms with Crippen LogP contribution < -0.4 is 21.5 Å². The Kier molecular flexibility index (Phi) is 3.19. The molecule has 1 aromatic carbocycles. The molecule has 0 bridgehead atoms. The van der Waals surface area contributed by atoms with E-state index in [4.69, 9.17) is 5.26 Å². The van der Waals surface area contributed by atoms with Crippen LogP contribution in [-0.2, 0) is 0 Å². The van der Waals surface area contributed by atoms with Crippen LogP contribution in [0.1, 0.15) is 5.69 Å². The van der Waals surface area contributed by atoms with E-state index in [1.165, 1.54) is 0 Å². The lowest BCUT2D eigenvalue weighted by atomic mass is 10.2. The topological polar surface area (TPSA) is 124 Å². The molecule has 0 saturated carbocycles. The predicted molar refractivity (Wildman–Crippen MR) is 75.9 cm³/mol. The van der Waals surface area contributed by atoms with E-state index in [-0.39, 0.29) is 6.03 Å². The number of benzene rings is 1. The molecule has 1 aliphatic heterocycles. The molecule has 22 heavy (non-hydrogen) atoms. The van der Waals surface area contributed by atoms with Crippen molar-refractivity contribution in [1.82, 2.24) is 20.1 Å². The van der Waals surface area contributed by atoms with Gasteiger partial charge in [-0.25, -0.2) is 9.59 Å². The van der Waals surface area contributed by atoms with Crippen LogP contribution in [0.3, 0.4) is 0 Å². The number of H-pyrrole nitrogens is 1. The Balaban J connectivity index is 2.00. The molecule has 2 heterocycles. The fourth-order valence-corrected chi connectivity index (χ4v) is 2.14. The average molecular weight is 298 g/mol. The third-order valence-corrected chi connectivity index (χ3v) is 3.20. The van der Waals surface area contributed by atoms with E-state index >= 15 is 0 Å². The maximum absolute atomic E-state index is 11.8. The fourth-order valence-electron chi connectivity index (χ4n) is 2.14. The minimum Gasteiger partial charge on any atom is -0.336 e. The molecule has 2 aromatic rings. The molecule has 1 saturated heterocycles. The molecule has 2 amide bonds. The Bertz CT molecular complexity index is 890. The summed E-state index contributed by atoms with van der Waals surface area (Å²) in [5.74, 6) is 0. The lowest BCUT2D eigenvalue weighted by Gasteiger charge is -2.14. The normalized spacial score (nSPS) is 13.8. The minimum atomic E-state index is -0.825. The van der Waals surface area contributed by atoms with Gasteiger partial charge in [-0.2, -0.15) is 9.94 Å². The first kappa shape index (κ1) is 13.6. The monoisotopic (exact) mass is 298 g/mol. The predicted octanol–water partition coefficient (Wildman–Crippen LogP) is -0.678. The molecule has 1 aromatic heterocycles. The molecule has 9 nitrogen and oxygen atoms in total. The molecule has 0 aliphatic carbocycles. The van der Waals surface area contributed by atoms with E-state index < -0.39 is 16.9 Å². The van der Waals surface area contributed by atoms with Gasteiger partial charge in [-0.1, -0.05) is 0 Å². The van der Waals surface area contributed by atoms with Crippen molar-refractivity contribution in [2.75, 3.05) is 18.0 Å². The Hall–Kier alpha value is -3.41. The molecule has 0 spiro atoms. The van der Waals surface area contributed by atoms with Crippen LogP contribution in [0.4, 0.5) is 10.5 Å². The van der Waals surface area contributed by atoms with E-state index in [1.807, 2.05) is 4.98 Å². The first-order valence-electron chi connectivity index (χ1n) is 6.40. The summed E-state index contributed by atoms with van der Waals surface area (Å²) < 4.78 is 0.924. The number of anilines is 1. The Morgan fingerprint density at radius 3 is 2.41 bits per heavy atom. The highest BCUT2D eigenvalue weighted by molar-refractivity contribution is 5.94. The van der Waals surface area contributed by atoms with Crippen molar-refractivity contribution in [3.63, 3.8) is 0 Å². The van der Waals surface area contributed by atoms with Crippen molar-refractivity contribution in [3.05, 3.63) is 50.8 Å². The SMILES string of the molecule is N#Cc1nn(-c2ccc(N3CCNC3=O)cc2)c(=O)[nH]c1=O. The summed E-state index contributed by atoms with van der Waals surface area (Å²) in [6.45, 7) is 1.14. The van der Waals surface area contributed by atoms with Crippen LogP contribution in [-0.4, -0.2) is 33.9 Å². The van der Waals surface area contributed by atoms with Gasteiger partial charge in [0.15, 0.2) is 0 Å². The molecule has 0 radical (unpaired) electrons. The summed E-state index contributed by atoms with van der Waals surface area (Å²) in [5, 5.41) is 15.2. The lowest BCUT2D eigenvalue weighted by Crippen LogP contribution is -2.33. The third-order valence-electron chi connectivity index (χ3n) is 3.20. The number of carbonyl (C=O) groups excluding carboxylic acids is 1. The van der Waals surface area contributed by atoms with Crippen LogP contribution in [0.25, 0.3) is 5.69 Å². The Morgan fingerprint density at radius 2 is 1.82 bits per heavy atom. The number of urea groups is 1. The summed E-state index contributed by atoms with van der Waals surface area (Å²) in [6, 6.07) is 7.91. The summed E-state index contributed by atoms with van der Waals surface area (Å²) in [5.41, 5.74) is -0.912. The number of amides is 2. The van der Waals surface area contributed by atoms with Gasteiger partial charge in [-0.3, -0.25) is 14.7 Å². The lowest BCUT2D eigenvalue weighted by molar-refractivity contribution is 0.252. The number of hydrogen-bond donors (Lipinski definition) is 2. The van der Waals surface area contributed by atoms with E-state index in [0.29, 0.717) is 24.5 Å². The first-order valence-corrected chi connectivity index (χ1v) is 6.40. The first-order chi connectivity index (χ1) is 10.6. The molecule has 2 N–H and O–H groups in total. The van der Waals surface area contributed by atoms with Gasteiger partial charge >= 0.3 is 11.7 Å². The van der Waals surface area contributed by atoms with Gasteiger partial charge in [0.25, 0.3) is 5.56 Å². The van der Waals surface area contributed by atoms with E-state index in [0.717, 1.165) is 4.68 Å². The number of rotatable bonds is 2. The van der Waals surface area contributed by atoms with Gasteiger partial charge in [0.05, 0.1) is 5.69 Å². The number of nitriles is 1. The van der Waals surface area contributed by atoms with Crippen molar-refractivity contribution in [1.29, 1.82) is 5.26 Å². The average Bonchev–Trinajstić information content (AvgIpc) is 2.94. The number of hydrogen-bond acceptors (Lipinski definition) is 5. The molecule has 1 aliphatic rings. The number of nitrogens with zero attached hydrogens (tertiary/aromatic N) is 4. The van der Waals surface area contributed by atoms with Crippen LogP contribution in [0.15, 0.2) is 33.9 Å². The van der Waals surface area contributed by atoms with E-state index in [9.17, 15) is 14.4 Å². The zero-order valence-electron chi connectivity index (χ0n) is 11.2. The van der Waals surface area contributed by atoms with Crippen molar-refractivity contribution >= 4 is 11.7 Å². The smallest absolute Gasteiger partial charge is 0.336 e. The van der Waals surface area contributed by atoms with E-state index in [1.54, 1.807) is 35.2 Å². The maximum Gasteiger partial charge on any atom is 0.349 e. The molecule has 9 heteroatoms. The summed E-state index contributed by atoms with van der Waals surface area (Å²) in [4.78, 5) is 38.2. The third kappa shape index (κ3) is 2.22. The largest absolute Gasteiger partial charge is 0.349 e. The number of aromatic amines is 1. The van der Waals surface area contributed by atoms with Crippen molar-refractivity contribution in [2.24, 2.45) is 0 Å². The second-order valence-electron chi connectivity index (χ2n) is 4.53. The van der Waals surface area contributed by atoms with Crippen LogP contribution in [0.2, 0.25) is 0 Å². The summed E-state index contributed by atoms with van der Waals surface area (Å²) in [7, 11) is 0. The molecule has 0 unspecified atom stereocenters. The number of nitrogens with one attached hydrogen (secondary N) is 2. The summed E-state index contributed by atoms with van der Waals surface area (Å²) >= 11 is 0. The van der Waals surface area contributed by atoms with Gasteiger partial charge in [0.1, 0.15) is 6.07 Å². The van der Waals surface area contributed by atoms with Crippen molar-refractivity contribution in [2.45, 2.75) is 0 Å². The maximum atomic E-state index is 11.8. The minimum absolute atomic E-state index is 0.182. The molecular weight excluding hydrogens is 288 g/mol. The van der Waals surface area contributed by atoms with Gasteiger partial charge in [0.2, 0.25) is 5.69 Å². The highest BCUT2D eigenvalue weighted by Crippen LogP contribution is 2.18. The van der Waals surface area contributed by atoms with Crippen molar-refractivity contribution in [3.8, 4) is 11.8 Å². The molecule has 110 valence electrons. The second-order valence-corrected chi connectivity index (χ2v) is 4.53. The second kappa shape index (κ2) is 5.17. The zero-order chi connectivity index (χ0) is 15.7. The van der Waals surface area contributed by atoms with Gasteiger partial charge < -0.3 is 5.32 Å². The van der Waals surface area contributed by atoms with Crippen LogP contribution in [0, 0.1) is 11.3 Å². The van der Waals surface area contributed by atoms with Gasteiger partial charge in [0, 0.05) is 18.8 Å². The van der Waals surface area contributed by atoms with Crippen LogP contribution >= 0.6 is 0 Å². The fraction of sp³-hybridized carbons (Fsp3) is 0.154. The number of carbonyl (C=O) groups is 1. The Morgan fingerprint density at radius 1 is 1.14 bits per heavy atom. The highest BCUT2D eigenvalue weighted by Gasteiger charge is 2.20. The molecular formula is C13H10N6O3. The van der Waals surface area contributed by atoms with Gasteiger partial charge in [-0.05, 0) is 24.3 Å². The van der Waals surface area contributed by atoms with Crippen molar-refractivity contribution < 1.29 is 4.79 Å². The Labute approximate surface area is 123 Å². The van der Waals surface area contributed by atoms with Gasteiger partial charge in [-0.15, -0.1) is 5.10 Å². The zero-order valence-corrected chi connectivity index (χ0v) is 11.2. The summed E-state index contributed by atoms with van der Waals surface area (Å²) in [6.07, 6.45) is 0. The van der Waals surface area contributed by atoms with E-state index in [2.05, 4.69) is 10.4 Å². The quantitative estimate of drug-likeness (QED) is 0.760.